The second-order valence-corrected chi connectivity index (χ2v) is 8.22. The molecule has 2 heteroatoms. The average molecular weight is 340 g/mol. The SMILES string of the molecule is C[C@H]1C=CC=C[N@@+]1(C)C1CCC(N(C)CCCc2ccccc2)CC1. The number of quaternary nitrogens is 1. The molecule has 1 aromatic carbocycles. The van der Waals surface area contributed by atoms with Crippen molar-refractivity contribution in [1.82, 2.24) is 4.90 Å². The van der Waals surface area contributed by atoms with E-state index in [-0.39, 0.29) is 0 Å². The minimum atomic E-state index is 0.607. The molecule has 1 saturated carbocycles. The molecule has 1 aliphatic heterocycles. The molecule has 0 spiro atoms. The molecule has 2 nitrogen and oxygen atoms in total. The van der Waals surface area contributed by atoms with E-state index in [0.29, 0.717) is 6.04 Å². The van der Waals surface area contributed by atoms with Crippen molar-refractivity contribution in [3.8, 4) is 0 Å². The van der Waals surface area contributed by atoms with Gasteiger partial charge in [0.05, 0.1) is 19.3 Å². The smallest absolute Gasteiger partial charge is 0.109 e. The van der Waals surface area contributed by atoms with Crippen molar-refractivity contribution in [3.05, 3.63) is 60.3 Å². The summed E-state index contributed by atoms with van der Waals surface area (Å²) in [4.78, 5) is 2.62. The molecule has 1 aliphatic carbocycles. The van der Waals surface area contributed by atoms with Crippen molar-refractivity contribution >= 4 is 0 Å². The van der Waals surface area contributed by atoms with Gasteiger partial charge in [-0.3, -0.25) is 4.48 Å². The summed E-state index contributed by atoms with van der Waals surface area (Å²) in [5, 5.41) is 0. The standard InChI is InChI=1S/C23H35N2/c1-20-10-7-8-19-25(20,3)23-16-14-22(15-17-23)24(2)18-9-13-21-11-5-4-6-12-21/h4-8,10-12,19-20,22-23H,9,13-18H2,1-3H3/q+1/t20-,22?,23?,25+/m0/s1. The lowest BCUT2D eigenvalue weighted by Gasteiger charge is -2.46. The first kappa shape index (κ1) is 18.4. The molecule has 136 valence electrons. The molecule has 0 bridgehead atoms. The van der Waals surface area contributed by atoms with Crippen LogP contribution in [-0.4, -0.2) is 48.1 Å². The summed E-state index contributed by atoms with van der Waals surface area (Å²) < 4.78 is 1.10. The van der Waals surface area contributed by atoms with Crippen LogP contribution in [0.25, 0.3) is 0 Å². The Hall–Kier alpha value is -1.38. The van der Waals surface area contributed by atoms with Crippen molar-refractivity contribution < 1.29 is 4.48 Å². The largest absolute Gasteiger partial charge is 0.303 e. The predicted molar refractivity (Wildman–Crippen MR) is 107 cm³/mol. The van der Waals surface area contributed by atoms with Crippen molar-refractivity contribution in [3.63, 3.8) is 0 Å². The molecule has 1 aromatic rings. The summed E-state index contributed by atoms with van der Waals surface area (Å²) in [6, 6.07) is 13.1. The zero-order chi connectivity index (χ0) is 17.7. The molecular formula is C23H35N2+. The van der Waals surface area contributed by atoms with Crippen LogP contribution in [0.4, 0.5) is 0 Å². The Kier molecular flexibility index (Phi) is 6.14. The molecule has 0 radical (unpaired) electrons. The number of allylic oxidation sites excluding steroid dienone is 2. The minimum absolute atomic E-state index is 0.607. The second kappa shape index (κ2) is 8.33. The molecule has 1 heterocycles. The summed E-state index contributed by atoms with van der Waals surface area (Å²) in [5.74, 6) is 0. The fourth-order valence-corrected chi connectivity index (χ4v) is 4.65. The van der Waals surface area contributed by atoms with Gasteiger partial charge < -0.3 is 4.90 Å². The molecule has 0 aromatic heterocycles. The Labute approximate surface area is 154 Å². The fraction of sp³-hybridized carbons (Fsp3) is 0.565. The first-order valence-corrected chi connectivity index (χ1v) is 10.1. The number of nitrogens with zero attached hydrogens (tertiary/aromatic N) is 2. The van der Waals surface area contributed by atoms with E-state index in [1.807, 2.05) is 0 Å². The third-order valence-corrected chi connectivity index (χ3v) is 6.68. The van der Waals surface area contributed by atoms with E-state index in [0.717, 1.165) is 16.6 Å². The maximum absolute atomic E-state index is 2.62. The zero-order valence-electron chi connectivity index (χ0n) is 16.3. The van der Waals surface area contributed by atoms with Crippen molar-refractivity contribution in [1.29, 1.82) is 0 Å². The highest BCUT2D eigenvalue weighted by Gasteiger charge is 2.38. The third kappa shape index (κ3) is 4.43. The quantitative estimate of drug-likeness (QED) is 0.674. The Morgan fingerprint density at radius 3 is 2.44 bits per heavy atom. The Morgan fingerprint density at radius 2 is 1.76 bits per heavy atom. The number of hydrogen-bond acceptors (Lipinski definition) is 1. The molecule has 2 aliphatic rings. The molecule has 25 heavy (non-hydrogen) atoms. The lowest BCUT2D eigenvalue weighted by Crippen LogP contribution is -2.55. The van der Waals surface area contributed by atoms with Crippen LogP contribution < -0.4 is 0 Å². The second-order valence-electron chi connectivity index (χ2n) is 8.22. The van der Waals surface area contributed by atoms with Gasteiger partial charge in [0.1, 0.15) is 6.04 Å². The first-order valence-electron chi connectivity index (χ1n) is 10.1. The summed E-state index contributed by atoms with van der Waals surface area (Å²) in [6.07, 6.45) is 17.1. The molecule has 1 fully saturated rings. The van der Waals surface area contributed by atoms with Crippen LogP contribution in [0.2, 0.25) is 0 Å². The first-order chi connectivity index (χ1) is 12.1. The van der Waals surface area contributed by atoms with Gasteiger partial charge in [-0.1, -0.05) is 36.4 Å². The van der Waals surface area contributed by atoms with Crippen LogP contribution in [0.3, 0.4) is 0 Å². The lowest BCUT2D eigenvalue weighted by atomic mass is 9.87. The summed E-state index contributed by atoms with van der Waals surface area (Å²) in [5.41, 5.74) is 1.47. The molecule has 0 unspecified atom stereocenters. The van der Waals surface area contributed by atoms with Gasteiger partial charge in [0.15, 0.2) is 0 Å². The van der Waals surface area contributed by atoms with Gasteiger partial charge in [0.2, 0.25) is 0 Å². The van der Waals surface area contributed by atoms with E-state index in [1.165, 1.54) is 50.6 Å². The molecule has 2 atom stereocenters. The highest BCUT2D eigenvalue weighted by atomic mass is 15.4. The number of aryl methyl sites for hydroxylation is 1. The van der Waals surface area contributed by atoms with Crippen LogP contribution in [0.5, 0.6) is 0 Å². The van der Waals surface area contributed by atoms with E-state index in [1.54, 1.807) is 0 Å². The topological polar surface area (TPSA) is 3.24 Å². The third-order valence-electron chi connectivity index (χ3n) is 6.68. The van der Waals surface area contributed by atoms with Gasteiger partial charge in [-0.05, 0) is 63.9 Å². The van der Waals surface area contributed by atoms with Gasteiger partial charge in [-0.15, -0.1) is 0 Å². The van der Waals surface area contributed by atoms with E-state index < -0.39 is 0 Å². The highest BCUT2D eigenvalue weighted by Crippen LogP contribution is 2.33. The lowest BCUT2D eigenvalue weighted by molar-refractivity contribution is -0.903. The van der Waals surface area contributed by atoms with Crippen LogP contribution in [0.15, 0.2) is 54.8 Å². The number of benzene rings is 1. The number of rotatable bonds is 6. The maximum Gasteiger partial charge on any atom is 0.109 e. The van der Waals surface area contributed by atoms with E-state index in [4.69, 9.17) is 0 Å². The Balaban J connectivity index is 1.44. The minimum Gasteiger partial charge on any atom is -0.303 e. The van der Waals surface area contributed by atoms with Gasteiger partial charge in [0.25, 0.3) is 0 Å². The van der Waals surface area contributed by atoms with Gasteiger partial charge in [0, 0.05) is 18.9 Å². The molecule has 0 N–H and O–H groups in total. The van der Waals surface area contributed by atoms with Crippen LogP contribution >= 0.6 is 0 Å². The molecule has 0 saturated heterocycles. The Morgan fingerprint density at radius 1 is 1.04 bits per heavy atom. The summed E-state index contributed by atoms with van der Waals surface area (Å²) >= 11 is 0. The summed E-state index contributed by atoms with van der Waals surface area (Å²) in [7, 11) is 4.75. The van der Waals surface area contributed by atoms with E-state index in [2.05, 4.69) is 80.7 Å². The van der Waals surface area contributed by atoms with Gasteiger partial charge >= 0.3 is 0 Å². The Bertz CT molecular complexity index is 583. The van der Waals surface area contributed by atoms with Gasteiger partial charge in [-0.25, -0.2) is 0 Å². The monoisotopic (exact) mass is 339 g/mol. The van der Waals surface area contributed by atoms with Crippen LogP contribution in [0.1, 0.15) is 44.6 Å². The normalized spacial score (nSPS) is 32.2. The average Bonchev–Trinajstić information content (AvgIpc) is 2.65. The maximum atomic E-state index is 2.62. The van der Waals surface area contributed by atoms with Crippen LogP contribution in [-0.2, 0) is 6.42 Å². The number of hydrogen-bond donors (Lipinski definition) is 0. The zero-order valence-corrected chi connectivity index (χ0v) is 16.3. The summed E-state index contributed by atoms with van der Waals surface area (Å²) in [6.45, 7) is 3.58. The molecular weight excluding hydrogens is 304 g/mol. The molecule has 3 rings (SSSR count). The number of likely N-dealkylation sites (N-methyl/N-ethyl adjacent to an activating group) is 1. The van der Waals surface area contributed by atoms with E-state index in [9.17, 15) is 0 Å². The van der Waals surface area contributed by atoms with Crippen molar-refractivity contribution in [2.24, 2.45) is 0 Å². The van der Waals surface area contributed by atoms with E-state index >= 15 is 0 Å². The van der Waals surface area contributed by atoms with Crippen molar-refractivity contribution in [2.75, 3.05) is 20.6 Å². The highest BCUT2D eigenvalue weighted by molar-refractivity contribution is 5.14. The molecule has 0 amide bonds. The van der Waals surface area contributed by atoms with Crippen molar-refractivity contribution in [2.45, 2.75) is 63.6 Å². The van der Waals surface area contributed by atoms with Gasteiger partial charge in [-0.2, -0.15) is 0 Å². The predicted octanol–water partition coefficient (Wildman–Crippen LogP) is 4.78. The fourth-order valence-electron chi connectivity index (χ4n) is 4.65. The van der Waals surface area contributed by atoms with Crippen LogP contribution in [0, 0.1) is 0 Å².